The molecule has 0 unspecified atom stereocenters. The summed E-state index contributed by atoms with van der Waals surface area (Å²) in [6, 6.07) is 16.2. The van der Waals surface area contributed by atoms with Crippen LogP contribution in [0.3, 0.4) is 0 Å². The van der Waals surface area contributed by atoms with E-state index in [0.717, 1.165) is 5.39 Å². The van der Waals surface area contributed by atoms with Gasteiger partial charge in [-0.1, -0.05) is 30.3 Å². The minimum absolute atomic E-state index is 0.0571. The zero-order chi connectivity index (χ0) is 22.0. The summed E-state index contributed by atoms with van der Waals surface area (Å²) in [6.07, 6.45) is 0. The van der Waals surface area contributed by atoms with Gasteiger partial charge in [0.2, 0.25) is 5.91 Å². The van der Waals surface area contributed by atoms with Gasteiger partial charge in [0, 0.05) is 51.2 Å². The number of rotatable bonds is 4. The molecule has 1 aliphatic heterocycles. The third-order valence-electron chi connectivity index (χ3n) is 5.58. The lowest BCUT2D eigenvalue weighted by atomic mass is 10.0. The standard InChI is InChI=1S/C24H25N3O4/c1-25(2)22(28)16-26-10-12-27(13-11-26)23(29)19-8-5-7-17(14-19)20-15-18-6-3-4-9-21(18)31-24(20)30/h3-9,14-15H,10-13,16H2,1-2H3. The van der Waals surface area contributed by atoms with Crippen molar-refractivity contribution in [3.05, 3.63) is 70.6 Å². The minimum atomic E-state index is -0.428. The van der Waals surface area contributed by atoms with Crippen molar-refractivity contribution in [2.24, 2.45) is 0 Å². The van der Waals surface area contributed by atoms with E-state index in [4.69, 9.17) is 4.42 Å². The third-order valence-corrected chi connectivity index (χ3v) is 5.58. The van der Waals surface area contributed by atoms with E-state index in [9.17, 15) is 14.4 Å². The van der Waals surface area contributed by atoms with Crippen LogP contribution in [0.4, 0.5) is 0 Å². The predicted molar refractivity (Wildman–Crippen MR) is 119 cm³/mol. The van der Waals surface area contributed by atoms with E-state index in [2.05, 4.69) is 4.90 Å². The Labute approximate surface area is 180 Å². The number of amides is 2. The molecule has 31 heavy (non-hydrogen) atoms. The molecule has 7 heteroatoms. The second kappa shape index (κ2) is 8.73. The van der Waals surface area contributed by atoms with Gasteiger partial charge in [-0.05, 0) is 29.8 Å². The summed E-state index contributed by atoms with van der Waals surface area (Å²) in [6.45, 7) is 2.78. The molecular formula is C24H25N3O4. The second-order valence-corrected chi connectivity index (χ2v) is 7.92. The molecular weight excluding hydrogens is 394 g/mol. The average molecular weight is 419 g/mol. The first-order valence-electron chi connectivity index (χ1n) is 10.3. The maximum Gasteiger partial charge on any atom is 0.344 e. The van der Waals surface area contributed by atoms with Crippen LogP contribution in [-0.4, -0.2) is 73.3 Å². The number of carbonyl (C=O) groups is 2. The van der Waals surface area contributed by atoms with Crippen molar-refractivity contribution in [2.45, 2.75) is 0 Å². The Bertz CT molecular complexity index is 1180. The molecule has 1 saturated heterocycles. The molecule has 4 rings (SSSR count). The number of hydrogen-bond acceptors (Lipinski definition) is 5. The van der Waals surface area contributed by atoms with Crippen LogP contribution >= 0.6 is 0 Å². The van der Waals surface area contributed by atoms with Gasteiger partial charge in [-0.15, -0.1) is 0 Å². The highest BCUT2D eigenvalue weighted by Gasteiger charge is 2.24. The molecule has 0 bridgehead atoms. The van der Waals surface area contributed by atoms with Crippen molar-refractivity contribution in [1.29, 1.82) is 0 Å². The molecule has 1 aromatic heterocycles. The summed E-state index contributed by atoms with van der Waals surface area (Å²) < 4.78 is 5.44. The normalized spacial score (nSPS) is 14.6. The first-order valence-corrected chi connectivity index (χ1v) is 10.3. The highest BCUT2D eigenvalue weighted by atomic mass is 16.4. The fraction of sp³-hybridized carbons (Fsp3) is 0.292. The van der Waals surface area contributed by atoms with E-state index < -0.39 is 5.63 Å². The fourth-order valence-corrected chi connectivity index (χ4v) is 3.71. The van der Waals surface area contributed by atoms with Gasteiger partial charge in [-0.2, -0.15) is 0 Å². The van der Waals surface area contributed by atoms with Crippen molar-refractivity contribution in [1.82, 2.24) is 14.7 Å². The maximum absolute atomic E-state index is 13.0. The van der Waals surface area contributed by atoms with E-state index in [-0.39, 0.29) is 11.8 Å². The quantitative estimate of drug-likeness (QED) is 0.607. The largest absolute Gasteiger partial charge is 0.422 e. The molecule has 0 saturated carbocycles. The Balaban J connectivity index is 1.50. The number of likely N-dealkylation sites (N-methyl/N-ethyl adjacent to an activating group) is 1. The molecule has 1 aliphatic rings. The molecule has 2 heterocycles. The molecule has 2 aromatic carbocycles. The zero-order valence-electron chi connectivity index (χ0n) is 17.7. The second-order valence-electron chi connectivity index (χ2n) is 7.92. The summed E-state index contributed by atoms with van der Waals surface area (Å²) in [7, 11) is 3.48. The summed E-state index contributed by atoms with van der Waals surface area (Å²) in [5.74, 6) is -0.0210. The molecule has 0 N–H and O–H groups in total. The number of hydrogen-bond donors (Lipinski definition) is 0. The summed E-state index contributed by atoms with van der Waals surface area (Å²) >= 11 is 0. The number of nitrogens with zero attached hydrogens (tertiary/aromatic N) is 3. The van der Waals surface area contributed by atoms with Crippen LogP contribution in [0, 0.1) is 0 Å². The van der Waals surface area contributed by atoms with Gasteiger partial charge in [0.25, 0.3) is 5.91 Å². The van der Waals surface area contributed by atoms with Gasteiger partial charge in [-0.3, -0.25) is 14.5 Å². The van der Waals surface area contributed by atoms with Crippen molar-refractivity contribution >= 4 is 22.8 Å². The molecule has 0 radical (unpaired) electrons. The Morgan fingerprint density at radius 3 is 2.45 bits per heavy atom. The summed E-state index contributed by atoms with van der Waals surface area (Å²) in [5.41, 5.74) is 1.72. The van der Waals surface area contributed by atoms with E-state index in [1.807, 2.05) is 24.3 Å². The van der Waals surface area contributed by atoms with Crippen LogP contribution in [0.2, 0.25) is 0 Å². The van der Waals surface area contributed by atoms with Crippen LogP contribution < -0.4 is 5.63 Å². The van der Waals surface area contributed by atoms with Crippen molar-refractivity contribution in [3.63, 3.8) is 0 Å². The van der Waals surface area contributed by atoms with Gasteiger partial charge in [0.05, 0.1) is 12.1 Å². The van der Waals surface area contributed by atoms with Gasteiger partial charge in [0.15, 0.2) is 0 Å². The fourth-order valence-electron chi connectivity index (χ4n) is 3.71. The monoisotopic (exact) mass is 419 g/mol. The van der Waals surface area contributed by atoms with Crippen molar-refractivity contribution < 1.29 is 14.0 Å². The number of benzene rings is 2. The van der Waals surface area contributed by atoms with Gasteiger partial charge >= 0.3 is 5.63 Å². The maximum atomic E-state index is 13.0. The first kappa shape index (κ1) is 20.8. The van der Waals surface area contributed by atoms with Crippen molar-refractivity contribution in [3.8, 4) is 11.1 Å². The zero-order valence-corrected chi connectivity index (χ0v) is 17.7. The molecule has 3 aromatic rings. The lowest BCUT2D eigenvalue weighted by molar-refractivity contribution is -0.130. The highest BCUT2D eigenvalue weighted by molar-refractivity contribution is 5.96. The molecule has 0 aliphatic carbocycles. The van der Waals surface area contributed by atoms with Gasteiger partial charge in [-0.25, -0.2) is 4.79 Å². The molecule has 2 amide bonds. The van der Waals surface area contributed by atoms with Crippen LogP contribution in [0.25, 0.3) is 22.1 Å². The average Bonchev–Trinajstić information content (AvgIpc) is 2.78. The lowest BCUT2D eigenvalue weighted by Crippen LogP contribution is -2.51. The highest BCUT2D eigenvalue weighted by Crippen LogP contribution is 2.22. The molecule has 0 spiro atoms. The Kier molecular flexibility index (Phi) is 5.86. The summed E-state index contributed by atoms with van der Waals surface area (Å²) in [4.78, 5) is 42.9. The predicted octanol–water partition coefficient (Wildman–Crippen LogP) is 2.31. The lowest BCUT2D eigenvalue weighted by Gasteiger charge is -2.34. The third kappa shape index (κ3) is 4.51. The van der Waals surface area contributed by atoms with Gasteiger partial charge in [0.1, 0.15) is 5.58 Å². The van der Waals surface area contributed by atoms with Crippen LogP contribution in [0.1, 0.15) is 10.4 Å². The Morgan fingerprint density at radius 2 is 1.71 bits per heavy atom. The number of fused-ring (bicyclic) bond motifs is 1. The van der Waals surface area contributed by atoms with E-state index in [1.165, 1.54) is 0 Å². The Morgan fingerprint density at radius 1 is 0.968 bits per heavy atom. The number of carbonyl (C=O) groups excluding carboxylic acids is 2. The molecule has 160 valence electrons. The smallest absolute Gasteiger partial charge is 0.344 e. The van der Waals surface area contributed by atoms with Crippen LogP contribution in [0.15, 0.2) is 63.8 Å². The molecule has 7 nitrogen and oxygen atoms in total. The topological polar surface area (TPSA) is 74.1 Å². The Hall–Kier alpha value is -3.45. The first-order chi connectivity index (χ1) is 14.9. The van der Waals surface area contributed by atoms with Gasteiger partial charge < -0.3 is 14.2 Å². The molecule has 0 atom stereocenters. The number of para-hydroxylation sites is 1. The van der Waals surface area contributed by atoms with Crippen LogP contribution in [-0.2, 0) is 4.79 Å². The minimum Gasteiger partial charge on any atom is -0.422 e. The SMILES string of the molecule is CN(C)C(=O)CN1CCN(C(=O)c2cccc(-c3cc4ccccc4oc3=O)c2)CC1. The van der Waals surface area contributed by atoms with E-state index in [0.29, 0.717) is 55.0 Å². The summed E-state index contributed by atoms with van der Waals surface area (Å²) in [5, 5.41) is 0.831. The van der Waals surface area contributed by atoms with E-state index in [1.54, 1.807) is 54.2 Å². The van der Waals surface area contributed by atoms with Crippen LogP contribution in [0.5, 0.6) is 0 Å². The molecule has 1 fully saturated rings. The van der Waals surface area contributed by atoms with Crippen molar-refractivity contribution in [2.75, 3.05) is 46.8 Å². The van der Waals surface area contributed by atoms with E-state index >= 15 is 0 Å². The number of piperazine rings is 1.